The van der Waals surface area contributed by atoms with Crippen molar-refractivity contribution in [1.82, 2.24) is 15.4 Å². The molecule has 144 valence electrons. The summed E-state index contributed by atoms with van der Waals surface area (Å²) in [5.41, 5.74) is 0. The molecule has 0 bridgehead atoms. The van der Waals surface area contributed by atoms with Crippen LogP contribution in [-0.4, -0.2) is 45.5 Å². The van der Waals surface area contributed by atoms with Gasteiger partial charge < -0.3 is 14.5 Å². The van der Waals surface area contributed by atoms with Crippen LogP contribution in [0.15, 0.2) is 21.6 Å². The largest absolute Gasteiger partial charge is 0.450 e. The Bertz CT molecular complexity index is 768. The summed E-state index contributed by atoms with van der Waals surface area (Å²) in [6.45, 7) is 1.68. The van der Waals surface area contributed by atoms with Gasteiger partial charge in [-0.2, -0.15) is 0 Å². The molecule has 1 heterocycles. The highest BCUT2D eigenvalue weighted by Gasteiger charge is 2.30. The summed E-state index contributed by atoms with van der Waals surface area (Å²) in [6, 6.07) is 1.48. The van der Waals surface area contributed by atoms with E-state index in [1.165, 1.54) is 0 Å². The molecule has 10 nitrogen and oxygen atoms in total. The number of carbonyl (C=O) groups is 3. The number of esters is 1. The lowest BCUT2D eigenvalue weighted by Crippen LogP contribution is -2.41. The molecule has 1 aliphatic carbocycles. The minimum atomic E-state index is -3.82. The van der Waals surface area contributed by atoms with Crippen LogP contribution in [0.25, 0.3) is 0 Å². The predicted octanol–water partition coefficient (Wildman–Crippen LogP) is 0.503. The summed E-state index contributed by atoms with van der Waals surface area (Å²) in [5, 5.41) is 4.07. The summed E-state index contributed by atoms with van der Waals surface area (Å²) in [4.78, 5) is 34.7. The van der Waals surface area contributed by atoms with Gasteiger partial charge in [-0.3, -0.25) is 10.1 Å². The highest BCUT2D eigenvalue weighted by molar-refractivity contribution is 7.89. The van der Waals surface area contributed by atoms with Crippen LogP contribution in [0, 0.1) is 0 Å². The quantitative estimate of drug-likeness (QED) is 0.413. The number of rotatable bonds is 9. The number of carbonyl (C=O) groups excluding carboxylic acids is 3. The first-order valence-electron chi connectivity index (χ1n) is 8.19. The van der Waals surface area contributed by atoms with E-state index in [0.717, 1.165) is 37.8 Å². The normalized spacial score (nSPS) is 13.9. The number of urea groups is 1. The molecule has 1 aromatic heterocycles. The highest BCUT2D eigenvalue weighted by atomic mass is 32.2. The third-order valence-corrected chi connectivity index (χ3v) is 4.74. The Kier molecular flexibility index (Phi) is 6.75. The maximum atomic E-state index is 11.9. The highest BCUT2D eigenvalue weighted by Crippen LogP contribution is 2.23. The average Bonchev–Trinajstić information content (AvgIpc) is 3.22. The second kappa shape index (κ2) is 8.81. The molecule has 0 unspecified atom stereocenters. The molecule has 0 aliphatic heterocycles. The maximum absolute atomic E-state index is 11.9. The van der Waals surface area contributed by atoms with Crippen molar-refractivity contribution in [2.75, 3.05) is 13.2 Å². The van der Waals surface area contributed by atoms with E-state index >= 15 is 0 Å². The zero-order valence-electron chi connectivity index (χ0n) is 14.2. The van der Waals surface area contributed by atoms with Crippen LogP contribution in [0.4, 0.5) is 4.79 Å². The molecule has 0 spiro atoms. The number of amides is 3. The predicted molar refractivity (Wildman–Crippen MR) is 88.8 cm³/mol. The van der Waals surface area contributed by atoms with E-state index in [-0.39, 0.29) is 11.8 Å². The van der Waals surface area contributed by atoms with Crippen molar-refractivity contribution in [2.45, 2.75) is 43.7 Å². The van der Waals surface area contributed by atoms with Gasteiger partial charge in [0, 0.05) is 12.6 Å². The molecule has 3 amide bonds. The standard InChI is InChI=1S/C15H21N3O7S/c1-2-3-8-16-15(21)17-12(19)9-24-14(20)11-6-7-13(25-11)26(22,23)18-10-4-5-10/h6-7,10,18H,2-5,8-9H2,1H3,(H2,16,17,19,21). The second-order valence-electron chi connectivity index (χ2n) is 5.75. The van der Waals surface area contributed by atoms with E-state index in [0.29, 0.717) is 6.54 Å². The van der Waals surface area contributed by atoms with Crippen LogP contribution in [0.3, 0.4) is 0 Å². The fourth-order valence-electron chi connectivity index (χ4n) is 1.84. The molecule has 3 N–H and O–H groups in total. The summed E-state index contributed by atoms with van der Waals surface area (Å²) in [6.07, 6.45) is 3.19. The van der Waals surface area contributed by atoms with Gasteiger partial charge in [-0.05, 0) is 31.4 Å². The number of ether oxygens (including phenoxy) is 1. The van der Waals surface area contributed by atoms with Gasteiger partial charge >= 0.3 is 12.0 Å². The van der Waals surface area contributed by atoms with Crippen molar-refractivity contribution < 1.29 is 32.0 Å². The molecule has 11 heteroatoms. The number of nitrogens with one attached hydrogen (secondary N) is 3. The van der Waals surface area contributed by atoms with Gasteiger partial charge in [0.25, 0.3) is 15.9 Å². The van der Waals surface area contributed by atoms with Gasteiger partial charge in [0.05, 0.1) is 0 Å². The van der Waals surface area contributed by atoms with Crippen molar-refractivity contribution in [1.29, 1.82) is 0 Å². The van der Waals surface area contributed by atoms with E-state index in [2.05, 4.69) is 10.0 Å². The molecule has 1 saturated carbocycles. The Labute approximate surface area is 150 Å². The minimum Gasteiger partial charge on any atom is -0.450 e. The van der Waals surface area contributed by atoms with E-state index in [9.17, 15) is 22.8 Å². The van der Waals surface area contributed by atoms with Gasteiger partial charge in [0.2, 0.25) is 10.9 Å². The SMILES string of the molecule is CCCCNC(=O)NC(=O)COC(=O)c1ccc(S(=O)(=O)NC2CC2)o1. The lowest BCUT2D eigenvalue weighted by atomic mass is 10.3. The van der Waals surface area contributed by atoms with Crippen molar-refractivity contribution in [3.05, 3.63) is 17.9 Å². The maximum Gasteiger partial charge on any atom is 0.374 e. The molecule has 0 saturated heterocycles. The molecule has 2 rings (SSSR count). The monoisotopic (exact) mass is 387 g/mol. The second-order valence-corrected chi connectivity index (χ2v) is 7.39. The summed E-state index contributed by atoms with van der Waals surface area (Å²) < 4.78 is 36.0. The first-order chi connectivity index (χ1) is 12.3. The van der Waals surface area contributed by atoms with E-state index in [4.69, 9.17) is 9.15 Å². The molecule has 0 atom stereocenters. The number of furan rings is 1. The molecule has 0 aromatic carbocycles. The van der Waals surface area contributed by atoms with Crippen LogP contribution in [0.5, 0.6) is 0 Å². The van der Waals surface area contributed by atoms with Gasteiger partial charge in [0.1, 0.15) is 0 Å². The van der Waals surface area contributed by atoms with E-state index < -0.39 is 39.6 Å². The number of sulfonamides is 1. The zero-order valence-corrected chi connectivity index (χ0v) is 15.1. The van der Waals surface area contributed by atoms with Crippen molar-refractivity contribution >= 4 is 27.9 Å². The van der Waals surface area contributed by atoms with Crippen LogP contribution >= 0.6 is 0 Å². The van der Waals surface area contributed by atoms with Gasteiger partial charge in [-0.1, -0.05) is 13.3 Å². The average molecular weight is 387 g/mol. The third kappa shape index (κ3) is 6.15. The summed E-state index contributed by atoms with van der Waals surface area (Å²) in [7, 11) is -3.82. The Morgan fingerprint density at radius 3 is 2.65 bits per heavy atom. The van der Waals surface area contributed by atoms with Crippen LogP contribution in [-0.2, 0) is 19.6 Å². The van der Waals surface area contributed by atoms with Gasteiger partial charge in [0.15, 0.2) is 6.61 Å². The Morgan fingerprint density at radius 2 is 2.00 bits per heavy atom. The fraction of sp³-hybridized carbons (Fsp3) is 0.533. The topological polar surface area (TPSA) is 144 Å². The Morgan fingerprint density at radius 1 is 1.27 bits per heavy atom. The first-order valence-corrected chi connectivity index (χ1v) is 9.67. The molecule has 0 radical (unpaired) electrons. The lowest BCUT2D eigenvalue weighted by Gasteiger charge is -2.06. The minimum absolute atomic E-state index is 0.104. The van der Waals surface area contributed by atoms with Crippen molar-refractivity contribution in [3.63, 3.8) is 0 Å². The summed E-state index contributed by atoms with van der Waals surface area (Å²) in [5.74, 6) is -2.19. The number of hydrogen-bond donors (Lipinski definition) is 3. The lowest BCUT2D eigenvalue weighted by molar-refractivity contribution is -0.123. The number of imide groups is 1. The first kappa shape index (κ1) is 19.9. The van der Waals surface area contributed by atoms with Crippen LogP contribution in [0.1, 0.15) is 43.2 Å². The molecule has 1 aromatic rings. The van der Waals surface area contributed by atoms with Crippen molar-refractivity contribution in [2.24, 2.45) is 0 Å². The third-order valence-electron chi connectivity index (χ3n) is 3.35. The zero-order chi connectivity index (χ0) is 19.2. The molecule has 1 aliphatic rings. The summed E-state index contributed by atoms with van der Waals surface area (Å²) >= 11 is 0. The fourth-order valence-corrected chi connectivity index (χ4v) is 3.08. The smallest absolute Gasteiger partial charge is 0.374 e. The molecule has 26 heavy (non-hydrogen) atoms. The van der Waals surface area contributed by atoms with E-state index in [1.54, 1.807) is 0 Å². The van der Waals surface area contributed by atoms with Crippen LogP contribution in [0.2, 0.25) is 0 Å². The molecular weight excluding hydrogens is 366 g/mol. The van der Waals surface area contributed by atoms with Crippen molar-refractivity contribution in [3.8, 4) is 0 Å². The Hall–Kier alpha value is -2.40. The number of unbranched alkanes of at least 4 members (excludes halogenated alkanes) is 1. The van der Waals surface area contributed by atoms with Crippen LogP contribution < -0.4 is 15.4 Å². The molecular formula is C15H21N3O7S. The van der Waals surface area contributed by atoms with Gasteiger partial charge in [-0.15, -0.1) is 0 Å². The van der Waals surface area contributed by atoms with Gasteiger partial charge in [-0.25, -0.2) is 22.7 Å². The Balaban J connectivity index is 1.79. The molecule has 1 fully saturated rings. The van der Waals surface area contributed by atoms with E-state index in [1.807, 2.05) is 12.2 Å². The number of hydrogen-bond acceptors (Lipinski definition) is 7.